The van der Waals surface area contributed by atoms with Gasteiger partial charge in [-0.1, -0.05) is 13.8 Å². The van der Waals surface area contributed by atoms with Crippen LogP contribution < -0.4 is 0 Å². The smallest absolute Gasteiger partial charge is 0.285 e. The molecule has 2 aliphatic rings. The molecule has 1 N–H and O–H groups in total. The van der Waals surface area contributed by atoms with Crippen molar-refractivity contribution in [2.24, 2.45) is 11.3 Å². The third-order valence-electron chi connectivity index (χ3n) is 3.02. The number of aliphatic hydroxyl groups is 1. The highest BCUT2D eigenvalue weighted by atomic mass is 16.8. The molecule has 2 rings (SSSR count). The van der Waals surface area contributed by atoms with Gasteiger partial charge in [0.05, 0.1) is 25.7 Å². The lowest BCUT2D eigenvalue weighted by molar-refractivity contribution is -0.428. The second-order valence-electron chi connectivity index (χ2n) is 5.29. The van der Waals surface area contributed by atoms with Crippen LogP contribution in [0.2, 0.25) is 0 Å². The Morgan fingerprint density at radius 3 is 2.40 bits per heavy atom. The summed E-state index contributed by atoms with van der Waals surface area (Å²) >= 11 is 0. The molecule has 15 heavy (non-hydrogen) atoms. The maximum Gasteiger partial charge on any atom is 0.285 e. The van der Waals surface area contributed by atoms with Gasteiger partial charge >= 0.3 is 0 Å². The number of hydrogen-bond acceptors (Lipinski definition) is 4. The molecule has 4 heteroatoms. The molecule has 2 saturated heterocycles. The summed E-state index contributed by atoms with van der Waals surface area (Å²) in [5.41, 5.74) is -0.0121. The van der Waals surface area contributed by atoms with Crippen molar-refractivity contribution < 1.29 is 19.3 Å². The van der Waals surface area contributed by atoms with Gasteiger partial charge in [0.15, 0.2) is 0 Å². The van der Waals surface area contributed by atoms with E-state index in [1.807, 2.05) is 0 Å². The lowest BCUT2D eigenvalue weighted by atomic mass is 9.93. The molecule has 0 saturated carbocycles. The molecule has 88 valence electrons. The zero-order chi connectivity index (χ0) is 10.9. The fourth-order valence-corrected chi connectivity index (χ4v) is 1.95. The summed E-state index contributed by atoms with van der Waals surface area (Å²) in [7, 11) is 0. The molecule has 0 bridgehead atoms. The summed E-state index contributed by atoms with van der Waals surface area (Å²) in [6.07, 6.45) is 1.86. The molecule has 0 radical (unpaired) electrons. The zero-order valence-corrected chi connectivity index (χ0v) is 9.49. The molecular weight excluding hydrogens is 196 g/mol. The van der Waals surface area contributed by atoms with Crippen molar-refractivity contribution in [3.05, 3.63) is 0 Å². The van der Waals surface area contributed by atoms with Gasteiger partial charge in [-0.15, -0.1) is 0 Å². The third-order valence-corrected chi connectivity index (χ3v) is 3.02. The molecule has 1 unspecified atom stereocenters. The summed E-state index contributed by atoms with van der Waals surface area (Å²) < 4.78 is 16.3. The van der Waals surface area contributed by atoms with E-state index >= 15 is 0 Å². The molecule has 0 aliphatic carbocycles. The fourth-order valence-electron chi connectivity index (χ4n) is 1.95. The number of rotatable bonds is 1. The molecule has 2 fully saturated rings. The van der Waals surface area contributed by atoms with Crippen molar-refractivity contribution in [1.82, 2.24) is 0 Å². The monoisotopic (exact) mass is 216 g/mol. The molecule has 2 aliphatic heterocycles. The summed E-state index contributed by atoms with van der Waals surface area (Å²) in [5, 5.41) is 10.2. The predicted molar refractivity (Wildman–Crippen MR) is 54.2 cm³/mol. The van der Waals surface area contributed by atoms with Crippen LogP contribution in [-0.4, -0.2) is 37.5 Å². The second kappa shape index (κ2) is 4.01. The Morgan fingerprint density at radius 2 is 1.87 bits per heavy atom. The minimum absolute atomic E-state index is 0.0121. The van der Waals surface area contributed by atoms with Crippen LogP contribution >= 0.6 is 0 Å². The molecule has 0 aromatic carbocycles. The minimum Gasteiger partial charge on any atom is -0.381 e. The highest BCUT2D eigenvalue weighted by Gasteiger charge is 2.45. The van der Waals surface area contributed by atoms with Crippen LogP contribution in [0.3, 0.4) is 0 Å². The Kier molecular flexibility index (Phi) is 3.03. The average molecular weight is 216 g/mol. The molecule has 0 spiro atoms. The summed E-state index contributed by atoms with van der Waals surface area (Å²) in [6, 6.07) is 0. The van der Waals surface area contributed by atoms with Gasteiger partial charge in [-0.25, -0.2) is 0 Å². The van der Waals surface area contributed by atoms with Crippen LogP contribution in [0.5, 0.6) is 0 Å². The molecular formula is C11H20O4. The van der Waals surface area contributed by atoms with Crippen LogP contribution in [-0.2, 0) is 14.2 Å². The van der Waals surface area contributed by atoms with Crippen LogP contribution in [0, 0.1) is 11.3 Å². The zero-order valence-electron chi connectivity index (χ0n) is 9.49. The van der Waals surface area contributed by atoms with E-state index in [1.165, 1.54) is 0 Å². The van der Waals surface area contributed by atoms with E-state index in [1.54, 1.807) is 0 Å². The first kappa shape index (κ1) is 11.3. The topological polar surface area (TPSA) is 47.9 Å². The van der Waals surface area contributed by atoms with Gasteiger partial charge in [0.2, 0.25) is 0 Å². The molecule has 1 atom stereocenters. The first-order chi connectivity index (χ1) is 7.02. The highest BCUT2D eigenvalue weighted by Crippen LogP contribution is 2.35. The second-order valence-corrected chi connectivity index (χ2v) is 5.29. The van der Waals surface area contributed by atoms with Crippen molar-refractivity contribution in [1.29, 1.82) is 0 Å². The van der Waals surface area contributed by atoms with E-state index in [0.717, 1.165) is 19.4 Å². The molecule has 2 heterocycles. The van der Waals surface area contributed by atoms with Gasteiger partial charge < -0.3 is 19.3 Å². The normalized spacial score (nSPS) is 35.0. The maximum absolute atomic E-state index is 10.2. The van der Waals surface area contributed by atoms with E-state index in [-0.39, 0.29) is 11.3 Å². The minimum atomic E-state index is -1.42. The van der Waals surface area contributed by atoms with Gasteiger partial charge in [-0.2, -0.15) is 0 Å². The number of hydrogen-bond donors (Lipinski definition) is 1. The van der Waals surface area contributed by atoms with Crippen LogP contribution in [0.15, 0.2) is 0 Å². The quantitative estimate of drug-likeness (QED) is 0.714. The first-order valence-corrected chi connectivity index (χ1v) is 5.60. The summed E-state index contributed by atoms with van der Waals surface area (Å²) in [4.78, 5) is 0. The Balaban J connectivity index is 1.95. The standard InChI is InChI=1S/C11H20O4/c1-10(2)7-14-11(12,15-8-10)9-4-3-5-13-6-9/h9,12H,3-8H2,1-2H3. The van der Waals surface area contributed by atoms with Crippen molar-refractivity contribution in [2.45, 2.75) is 32.7 Å². The fraction of sp³-hybridized carbons (Fsp3) is 1.00. The SMILES string of the molecule is CC1(C)COC(O)(C2CCCOC2)OC1. The molecule has 0 amide bonds. The lowest BCUT2D eigenvalue weighted by Gasteiger charge is -2.44. The van der Waals surface area contributed by atoms with E-state index in [2.05, 4.69) is 13.8 Å². The number of ether oxygens (including phenoxy) is 3. The van der Waals surface area contributed by atoms with E-state index in [4.69, 9.17) is 14.2 Å². The summed E-state index contributed by atoms with van der Waals surface area (Å²) in [6.45, 7) is 6.48. The molecule has 0 aromatic rings. The van der Waals surface area contributed by atoms with Gasteiger partial charge in [0.25, 0.3) is 5.97 Å². The first-order valence-electron chi connectivity index (χ1n) is 5.60. The van der Waals surface area contributed by atoms with E-state index in [0.29, 0.717) is 19.8 Å². The van der Waals surface area contributed by atoms with Crippen LogP contribution in [0.4, 0.5) is 0 Å². The van der Waals surface area contributed by atoms with Crippen molar-refractivity contribution in [3.8, 4) is 0 Å². The van der Waals surface area contributed by atoms with Gasteiger partial charge in [-0.05, 0) is 12.8 Å². The Bertz CT molecular complexity index is 211. The van der Waals surface area contributed by atoms with Gasteiger partial charge in [0.1, 0.15) is 0 Å². The predicted octanol–water partition coefficient (Wildman–Crippen LogP) is 1.13. The van der Waals surface area contributed by atoms with E-state index < -0.39 is 5.97 Å². The Hall–Kier alpha value is -0.160. The van der Waals surface area contributed by atoms with Crippen molar-refractivity contribution >= 4 is 0 Å². The highest BCUT2D eigenvalue weighted by molar-refractivity contribution is 4.79. The maximum atomic E-state index is 10.2. The Morgan fingerprint density at radius 1 is 1.20 bits per heavy atom. The van der Waals surface area contributed by atoms with Gasteiger partial charge in [0, 0.05) is 12.0 Å². The van der Waals surface area contributed by atoms with Crippen molar-refractivity contribution in [3.63, 3.8) is 0 Å². The molecule has 4 nitrogen and oxygen atoms in total. The van der Waals surface area contributed by atoms with Crippen LogP contribution in [0.25, 0.3) is 0 Å². The average Bonchev–Trinajstić information content (AvgIpc) is 2.24. The Labute approximate surface area is 90.5 Å². The van der Waals surface area contributed by atoms with Gasteiger partial charge in [-0.3, -0.25) is 0 Å². The summed E-state index contributed by atoms with van der Waals surface area (Å²) in [5.74, 6) is -1.47. The molecule has 0 aromatic heterocycles. The van der Waals surface area contributed by atoms with E-state index in [9.17, 15) is 5.11 Å². The van der Waals surface area contributed by atoms with Crippen LogP contribution in [0.1, 0.15) is 26.7 Å². The third kappa shape index (κ3) is 2.50. The van der Waals surface area contributed by atoms with Crippen molar-refractivity contribution in [2.75, 3.05) is 26.4 Å². The largest absolute Gasteiger partial charge is 0.381 e. The lowest BCUT2D eigenvalue weighted by Crippen LogP contribution is -2.54.